The molecule has 1 saturated heterocycles. The number of para-hydroxylation sites is 1. The molecule has 0 unspecified atom stereocenters. The van der Waals surface area contributed by atoms with Gasteiger partial charge in [0.25, 0.3) is 0 Å². The van der Waals surface area contributed by atoms with Crippen LogP contribution >= 0.6 is 11.6 Å². The zero-order valence-corrected chi connectivity index (χ0v) is 17.1. The van der Waals surface area contributed by atoms with Gasteiger partial charge in [0.15, 0.2) is 0 Å². The van der Waals surface area contributed by atoms with Crippen molar-refractivity contribution in [2.75, 3.05) is 45.2 Å². The molecule has 0 bridgehead atoms. The van der Waals surface area contributed by atoms with E-state index >= 15 is 0 Å². The van der Waals surface area contributed by atoms with Gasteiger partial charge in [-0.2, -0.15) is 0 Å². The highest BCUT2D eigenvalue weighted by atomic mass is 35.5. The van der Waals surface area contributed by atoms with Crippen LogP contribution in [0.15, 0.2) is 48.5 Å². The van der Waals surface area contributed by atoms with Gasteiger partial charge in [0.1, 0.15) is 5.75 Å². The summed E-state index contributed by atoms with van der Waals surface area (Å²) in [6.07, 6.45) is 1.05. The van der Waals surface area contributed by atoms with Crippen LogP contribution in [0, 0.1) is 0 Å². The minimum atomic E-state index is -0.00502. The number of halogens is 1. The van der Waals surface area contributed by atoms with Crippen LogP contribution in [0.3, 0.4) is 0 Å². The number of hydrogen-bond donors (Lipinski definition) is 1. The number of carbonyl (C=O) groups excluding carboxylic acids is 1. The molecule has 0 radical (unpaired) electrons. The van der Waals surface area contributed by atoms with E-state index in [4.69, 9.17) is 16.3 Å². The van der Waals surface area contributed by atoms with Crippen molar-refractivity contribution in [1.82, 2.24) is 9.80 Å². The zero-order valence-electron chi connectivity index (χ0n) is 16.4. The van der Waals surface area contributed by atoms with Crippen LogP contribution in [-0.2, 0) is 11.3 Å². The van der Waals surface area contributed by atoms with Crippen LogP contribution in [-0.4, -0.2) is 55.5 Å². The van der Waals surface area contributed by atoms with E-state index < -0.39 is 0 Å². The Hall–Kier alpha value is -2.08. The molecule has 1 aliphatic rings. The van der Waals surface area contributed by atoms with Crippen molar-refractivity contribution in [2.24, 2.45) is 0 Å². The summed E-state index contributed by atoms with van der Waals surface area (Å²) >= 11 is 6.04. The second-order valence-electron chi connectivity index (χ2n) is 7.21. The summed E-state index contributed by atoms with van der Waals surface area (Å²) in [6.45, 7) is 5.86. The van der Waals surface area contributed by atoms with Crippen molar-refractivity contribution < 1.29 is 9.53 Å². The zero-order chi connectivity index (χ0) is 19.8. The van der Waals surface area contributed by atoms with E-state index in [-0.39, 0.29) is 5.91 Å². The van der Waals surface area contributed by atoms with Gasteiger partial charge in [0.05, 0.1) is 11.6 Å². The molecule has 0 saturated carbocycles. The Labute approximate surface area is 172 Å². The average molecular weight is 402 g/mol. The molecule has 0 aromatic heterocycles. The molecule has 0 spiro atoms. The Morgan fingerprint density at radius 3 is 2.50 bits per heavy atom. The van der Waals surface area contributed by atoms with E-state index in [1.54, 1.807) is 6.07 Å². The number of carbonyl (C=O) groups is 1. The molecule has 5 nitrogen and oxygen atoms in total. The minimum Gasteiger partial charge on any atom is -0.492 e. The first-order valence-electron chi connectivity index (χ1n) is 9.77. The molecule has 1 N–H and O–H groups in total. The van der Waals surface area contributed by atoms with Crippen molar-refractivity contribution >= 4 is 23.2 Å². The van der Waals surface area contributed by atoms with E-state index in [0.717, 1.165) is 38.4 Å². The summed E-state index contributed by atoms with van der Waals surface area (Å²) in [6, 6.07) is 15.5. The van der Waals surface area contributed by atoms with Gasteiger partial charge in [-0.15, -0.1) is 0 Å². The van der Waals surface area contributed by atoms with Gasteiger partial charge < -0.3 is 15.0 Å². The van der Waals surface area contributed by atoms with Crippen LogP contribution in [0.25, 0.3) is 0 Å². The highest BCUT2D eigenvalue weighted by Crippen LogP contribution is 2.23. The highest BCUT2D eigenvalue weighted by molar-refractivity contribution is 6.32. The molecule has 0 atom stereocenters. The maximum atomic E-state index is 12.1. The fraction of sp³-hybridized carbons (Fsp3) is 0.409. The fourth-order valence-electron chi connectivity index (χ4n) is 3.16. The quantitative estimate of drug-likeness (QED) is 0.682. The molecule has 1 fully saturated rings. The van der Waals surface area contributed by atoms with Gasteiger partial charge in [-0.05, 0) is 43.3 Å². The molecule has 28 heavy (non-hydrogen) atoms. The summed E-state index contributed by atoms with van der Waals surface area (Å²) in [5, 5.41) is 3.53. The first-order chi connectivity index (χ1) is 13.6. The van der Waals surface area contributed by atoms with E-state index in [0.29, 0.717) is 30.2 Å². The predicted molar refractivity (Wildman–Crippen MR) is 114 cm³/mol. The minimum absolute atomic E-state index is 0.00502. The Kier molecular flexibility index (Phi) is 7.71. The number of piperazine rings is 1. The number of hydrogen-bond acceptors (Lipinski definition) is 4. The van der Waals surface area contributed by atoms with Crippen molar-refractivity contribution in [2.45, 2.75) is 19.4 Å². The highest BCUT2D eigenvalue weighted by Gasteiger charge is 2.13. The SMILES string of the molecule is CN1CCN(Cc2ccc(NC(=O)CCCOc3ccccc3Cl)cc2)CC1. The lowest BCUT2D eigenvalue weighted by Crippen LogP contribution is -2.43. The topological polar surface area (TPSA) is 44.8 Å². The molecule has 0 aliphatic carbocycles. The van der Waals surface area contributed by atoms with Gasteiger partial charge >= 0.3 is 0 Å². The second-order valence-corrected chi connectivity index (χ2v) is 7.61. The number of likely N-dealkylation sites (N-methyl/N-ethyl adjacent to an activating group) is 1. The van der Waals surface area contributed by atoms with Crippen LogP contribution in [0.4, 0.5) is 5.69 Å². The number of amides is 1. The van der Waals surface area contributed by atoms with Crippen molar-refractivity contribution in [3.63, 3.8) is 0 Å². The molecule has 2 aromatic rings. The Morgan fingerprint density at radius 2 is 1.79 bits per heavy atom. The number of ether oxygens (including phenoxy) is 1. The van der Waals surface area contributed by atoms with E-state index in [9.17, 15) is 4.79 Å². The van der Waals surface area contributed by atoms with E-state index in [1.165, 1.54) is 5.56 Å². The molecule has 6 heteroatoms. The Bertz CT molecular complexity index is 759. The lowest BCUT2D eigenvalue weighted by Gasteiger charge is -2.32. The summed E-state index contributed by atoms with van der Waals surface area (Å²) in [5.74, 6) is 0.648. The van der Waals surface area contributed by atoms with Gasteiger partial charge in [-0.3, -0.25) is 9.69 Å². The largest absolute Gasteiger partial charge is 0.492 e. The third kappa shape index (κ3) is 6.51. The van der Waals surface area contributed by atoms with Gasteiger partial charge in [0, 0.05) is 44.8 Å². The summed E-state index contributed by atoms with van der Waals surface area (Å²) in [4.78, 5) is 16.9. The Balaban J connectivity index is 1.36. The Morgan fingerprint density at radius 1 is 1.07 bits per heavy atom. The first-order valence-corrected chi connectivity index (χ1v) is 10.1. The van der Waals surface area contributed by atoms with Crippen LogP contribution < -0.4 is 10.1 Å². The summed E-state index contributed by atoms with van der Waals surface area (Å²) < 4.78 is 5.61. The van der Waals surface area contributed by atoms with Gasteiger partial charge in [0.2, 0.25) is 5.91 Å². The van der Waals surface area contributed by atoms with Gasteiger partial charge in [-0.1, -0.05) is 35.9 Å². The molecule has 1 heterocycles. The second kappa shape index (κ2) is 10.5. The number of rotatable bonds is 8. The average Bonchev–Trinajstić information content (AvgIpc) is 2.70. The molecular weight excluding hydrogens is 374 g/mol. The molecule has 3 rings (SSSR count). The number of nitrogens with zero attached hydrogens (tertiary/aromatic N) is 2. The molecule has 150 valence electrons. The standard InChI is InChI=1S/C22H28ClN3O2/c1-25-12-14-26(15-13-25)17-18-8-10-19(11-9-18)24-22(27)7-4-16-28-21-6-3-2-5-20(21)23/h2-3,5-6,8-11H,4,7,12-17H2,1H3,(H,24,27). The fourth-order valence-corrected chi connectivity index (χ4v) is 3.35. The maximum Gasteiger partial charge on any atom is 0.224 e. The first kappa shape index (κ1) is 20.6. The van der Waals surface area contributed by atoms with Crippen LogP contribution in [0.2, 0.25) is 5.02 Å². The van der Waals surface area contributed by atoms with Crippen molar-refractivity contribution in [1.29, 1.82) is 0 Å². The third-order valence-electron chi connectivity index (χ3n) is 4.88. The van der Waals surface area contributed by atoms with E-state index in [2.05, 4.69) is 34.3 Å². The summed E-state index contributed by atoms with van der Waals surface area (Å²) in [7, 11) is 2.16. The molecule has 1 amide bonds. The van der Waals surface area contributed by atoms with Gasteiger partial charge in [-0.25, -0.2) is 0 Å². The molecule has 2 aromatic carbocycles. The number of anilines is 1. The number of benzene rings is 2. The van der Waals surface area contributed by atoms with E-state index in [1.807, 2.05) is 30.3 Å². The third-order valence-corrected chi connectivity index (χ3v) is 5.19. The summed E-state index contributed by atoms with van der Waals surface area (Å²) in [5.41, 5.74) is 2.11. The molecular formula is C22H28ClN3O2. The lowest BCUT2D eigenvalue weighted by atomic mass is 10.1. The monoisotopic (exact) mass is 401 g/mol. The lowest BCUT2D eigenvalue weighted by molar-refractivity contribution is -0.116. The van der Waals surface area contributed by atoms with Crippen LogP contribution in [0.5, 0.6) is 5.75 Å². The maximum absolute atomic E-state index is 12.1. The number of nitrogens with one attached hydrogen (secondary N) is 1. The molecule has 1 aliphatic heterocycles. The normalized spacial score (nSPS) is 15.4. The smallest absolute Gasteiger partial charge is 0.224 e. The van der Waals surface area contributed by atoms with Crippen LogP contribution in [0.1, 0.15) is 18.4 Å². The predicted octanol–water partition coefficient (Wildman–Crippen LogP) is 3.89. The van der Waals surface area contributed by atoms with Crippen molar-refractivity contribution in [3.05, 3.63) is 59.1 Å². The van der Waals surface area contributed by atoms with Crippen molar-refractivity contribution in [3.8, 4) is 5.75 Å².